The molecular formula is C17H23IN4O4. The summed E-state index contributed by atoms with van der Waals surface area (Å²) in [6.45, 7) is 1.23. The molecule has 26 heavy (non-hydrogen) atoms. The molecule has 3 aliphatic rings. The van der Waals surface area contributed by atoms with Crippen molar-refractivity contribution in [1.82, 2.24) is 20.2 Å². The molecule has 3 heterocycles. The molecule has 2 N–H and O–H groups in total. The number of H-pyrrole nitrogens is 1. The highest BCUT2D eigenvalue weighted by Crippen LogP contribution is 2.53. The van der Waals surface area contributed by atoms with E-state index >= 15 is 0 Å². The van der Waals surface area contributed by atoms with Crippen molar-refractivity contribution in [3.63, 3.8) is 0 Å². The second-order valence-electron chi connectivity index (χ2n) is 7.24. The van der Waals surface area contributed by atoms with Gasteiger partial charge in [0.25, 0.3) is 0 Å². The number of nitrogens with one attached hydrogen (secondary N) is 2. The van der Waals surface area contributed by atoms with E-state index in [1.807, 2.05) is 4.90 Å². The van der Waals surface area contributed by atoms with Gasteiger partial charge in [0.15, 0.2) is 0 Å². The molecule has 1 unspecified atom stereocenters. The van der Waals surface area contributed by atoms with Crippen molar-refractivity contribution in [2.24, 2.45) is 11.8 Å². The molecule has 0 spiro atoms. The first kappa shape index (κ1) is 18.0. The molecule has 142 valence electrons. The zero-order chi connectivity index (χ0) is 18.3. The van der Waals surface area contributed by atoms with Crippen LogP contribution in [0.5, 0.6) is 0 Å². The van der Waals surface area contributed by atoms with Crippen LogP contribution >= 0.6 is 22.6 Å². The van der Waals surface area contributed by atoms with Crippen molar-refractivity contribution in [1.29, 1.82) is 0 Å². The minimum Gasteiger partial charge on any atom is -0.453 e. The lowest BCUT2D eigenvalue weighted by atomic mass is 9.90. The molecule has 1 aromatic heterocycles. The fraction of sp³-hybridized carbons (Fsp3) is 0.706. The van der Waals surface area contributed by atoms with E-state index in [0.29, 0.717) is 19.1 Å². The fourth-order valence-corrected chi connectivity index (χ4v) is 4.69. The third-order valence-electron chi connectivity index (χ3n) is 5.70. The minimum absolute atomic E-state index is 0.0243. The van der Waals surface area contributed by atoms with Crippen molar-refractivity contribution >= 4 is 34.6 Å². The first-order chi connectivity index (χ1) is 12.6. The van der Waals surface area contributed by atoms with Gasteiger partial charge in [-0.1, -0.05) is 0 Å². The average Bonchev–Trinajstić information content (AvgIpc) is 3.11. The quantitative estimate of drug-likeness (QED) is 0.650. The molecule has 1 aliphatic carbocycles. The van der Waals surface area contributed by atoms with E-state index in [9.17, 15) is 9.59 Å². The van der Waals surface area contributed by atoms with Crippen LogP contribution < -0.4 is 5.32 Å². The number of halogens is 1. The minimum atomic E-state index is -0.581. The number of carbonyl (C=O) groups is 2. The molecule has 8 nitrogen and oxygen atoms in total. The van der Waals surface area contributed by atoms with Crippen LogP contribution in [-0.2, 0) is 14.3 Å². The first-order valence-electron chi connectivity index (χ1n) is 9.03. The number of hydrogen-bond donors (Lipinski definition) is 2. The largest absolute Gasteiger partial charge is 0.453 e. The maximum Gasteiger partial charge on any atom is 0.407 e. The zero-order valence-corrected chi connectivity index (χ0v) is 16.8. The van der Waals surface area contributed by atoms with Gasteiger partial charge in [-0.2, -0.15) is 0 Å². The number of carbonyl (C=O) groups excluding carboxylic acids is 2. The van der Waals surface area contributed by atoms with Crippen LogP contribution in [0.1, 0.15) is 37.5 Å². The van der Waals surface area contributed by atoms with E-state index in [4.69, 9.17) is 9.47 Å². The molecule has 4 rings (SSSR count). The highest BCUT2D eigenvalue weighted by molar-refractivity contribution is 14.1. The van der Waals surface area contributed by atoms with Crippen molar-refractivity contribution < 1.29 is 19.1 Å². The van der Waals surface area contributed by atoms with Crippen LogP contribution in [0.4, 0.5) is 4.79 Å². The lowest BCUT2D eigenvalue weighted by Gasteiger charge is -2.35. The smallest absolute Gasteiger partial charge is 0.407 e. The highest BCUT2D eigenvalue weighted by atomic mass is 127. The zero-order valence-electron chi connectivity index (χ0n) is 14.6. The number of methoxy groups -OCH3 is 1. The summed E-state index contributed by atoms with van der Waals surface area (Å²) < 4.78 is 11.1. The van der Waals surface area contributed by atoms with E-state index in [0.717, 1.165) is 35.2 Å². The number of fused-ring (bicyclic) bond motifs is 1. The standard InChI is InChI=1S/C17H23IN4O4/c1-25-17(24)21-14(9-2-4-26-5-3-9)16(23)22-11-6-10(11)7-12(22)15-19-8-13(18)20-15/h8-12,14H,2-7H2,1H3,(H,19,20)(H,21,24)/t10?,11-,12+,14+/m1/s1. The molecule has 0 bridgehead atoms. The molecule has 9 heteroatoms. The van der Waals surface area contributed by atoms with Gasteiger partial charge in [-0.25, -0.2) is 9.78 Å². The summed E-state index contributed by atoms with van der Waals surface area (Å²) in [5.74, 6) is 1.41. The number of aromatic amines is 1. The van der Waals surface area contributed by atoms with Crippen molar-refractivity contribution in [2.75, 3.05) is 20.3 Å². The van der Waals surface area contributed by atoms with Crippen LogP contribution in [0.15, 0.2) is 6.20 Å². The summed E-state index contributed by atoms with van der Waals surface area (Å²) in [6, 6.07) is -0.365. The van der Waals surface area contributed by atoms with Crippen LogP contribution in [0.3, 0.4) is 0 Å². The van der Waals surface area contributed by atoms with E-state index in [1.165, 1.54) is 7.11 Å². The summed E-state index contributed by atoms with van der Waals surface area (Å²) in [5.41, 5.74) is 0. The third kappa shape index (κ3) is 3.42. The van der Waals surface area contributed by atoms with Gasteiger partial charge in [-0.05, 0) is 60.1 Å². The Kier molecular flexibility index (Phi) is 5.09. The number of alkyl carbamates (subject to hydrolysis) is 1. The van der Waals surface area contributed by atoms with E-state index in [2.05, 4.69) is 37.9 Å². The molecule has 4 atom stereocenters. The molecule has 2 amide bonds. The molecule has 2 saturated heterocycles. The summed E-state index contributed by atoms with van der Waals surface area (Å²) in [5, 5.41) is 2.79. The molecule has 0 aromatic carbocycles. The summed E-state index contributed by atoms with van der Waals surface area (Å²) >= 11 is 2.19. The van der Waals surface area contributed by atoms with Crippen LogP contribution in [0.25, 0.3) is 0 Å². The van der Waals surface area contributed by atoms with Gasteiger partial charge in [0.05, 0.1) is 23.0 Å². The van der Waals surface area contributed by atoms with E-state index in [-0.39, 0.29) is 23.9 Å². The predicted molar refractivity (Wildman–Crippen MR) is 100 cm³/mol. The molecule has 0 radical (unpaired) electrons. The molecule has 1 aromatic rings. The molecular weight excluding hydrogens is 451 g/mol. The number of aromatic nitrogens is 2. The number of likely N-dealkylation sites (tertiary alicyclic amines) is 1. The second kappa shape index (κ2) is 7.34. The van der Waals surface area contributed by atoms with Crippen LogP contribution in [0, 0.1) is 15.5 Å². The van der Waals surface area contributed by atoms with Gasteiger partial charge in [0, 0.05) is 19.3 Å². The monoisotopic (exact) mass is 474 g/mol. The number of hydrogen-bond acceptors (Lipinski definition) is 5. The Balaban J connectivity index is 1.57. The second-order valence-corrected chi connectivity index (χ2v) is 8.40. The molecule has 1 saturated carbocycles. The predicted octanol–water partition coefficient (Wildman–Crippen LogP) is 1.83. The normalized spacial score (nSPS) is 29.2. The van der Waals surface area contributed by atoms with Crippen LogP contribution in [-0.4, -0.2) is 59.3 Å². The number of ether oxygens (including phenoxy) is 2. The lowest BCUT2D eigenvalue weighted by Crippen LogP contribution is -2.54. The summed E-state index contributed by atoms with van der Waals surface area (Å²) in [7, 11) is 1.32. The van der Waals surface area contributed by atoms with Gasteiger partial charge < -0.3 is 24.7 Å². The summed E-state index contributed by atoms with van der Waals surface area (Å²) in [6.07, 6.45) is 4.70. The Labute approximate surface area is 165 Å². The Morgan fingerprint density at radius 2 is 2.19 bits per heavy atom. The fourth-order valence-electron chi connectivity index (χ4n) is 4.28. The van der Waals surface area contributed by atoms with Gasteiger partial charge in [0.1, 0.15) is 11.9 Å². The molecule has 2 aliphatic heterocycles. The van der Waals surface area contributed by atoms with E-state index in [1.54, 1.807) is 6.20 Å². The molecule has 3 fully saturated rings. The van der Waals surface area contributed by atoms with Crippen LogP contribution in [0.2, 0.25) is 0 Å². The Hall–Kier alpha value is -1.36. The van der Waals surface area contributed by atoms with E-state index < -0.39 is 12.1 Å². The Morgan fingerprint density at radius 3 is 2.85 bits per heavy atom. The first-order valence-corrected chi connectivity index (χ1v) is 10.1. The van der Waals surface area contributed by atoms with Gasteiger partial charge in [0.2, 0.25) is 5.91 Å². The lowest BCUT2D eigenvalue weighted by molar-refractivity contribution is -0.138. The SMILES string of the molecule is COC(=O)N[C@H](C(=O)N1[C@@H]2CC2C[C@H]1c1ncc(I)[nH]1)C1CCOCC1. The van der Waals surface area contributed by atoms with Crippen molar-refractivity contribution in [3.05, 3.63) is 15.7 Å². The van der Waals surface area contributed by atoms with Gasteiger partial charge >= 0.3 is 6.09 Å². The Bertz CT molecular complexity index is 690. The third-order valence-corrected chi connectivity index (χ3v) is 6.25. The maximum atomic E-state index is 13.5. The number of nitrogens with zero attached hydrogens (tertiary/aromatic N) is 2. The number of imidazole rings is 1. The Morgan fingerprint density at radius 1 is 1.42 bits per heavy atom. The summed E-state index contributed by atoms with van der Waals surface area (Å²) in [4.78, 5) is 35.0. The number of rotatable bonds is 4. The number of amides is 2. The van der Waals surface area contributed by atoms with Crippen molar-refractivity contribution in [2.45, 2.75) is 43.8 Å². The highest BCUT2D eigenvalue weighted by Gasteiger charge is 2.56. The van der Waals surface area contributed by atoms with Gasteiger partial charge in [-0.15, -0.1) is 0 Å². The number of piperidine rings is 1. The average molecular weight is 474 g/mol. The van der Waals surface area contributed by atoms with Gasteiger partial charge in [-0.3, -0.25) is 4.79 Å². The topological polar surface area (TPSA) is 96.5 Å². The van der Waals surface area contributed by atoms with Crippen molar-refractivity contribution in [3.8, 4) is 0 Å². The maximum absolute atomic E-state index is 13.5.